The van der Waals surface area contributed by atoms with Gasteiger partial charge in [0.1, 0.15) is 5.82 Å². The highest BCUT2D eigenvalue weighted by molar-refractivity contribution is 5.38. The highest BCUT2D eigenvalue weighted by Gasteiger charge is 2.19. The highest BCUT2D eigenvalue weighted by atomic mass is 15.2. The summed E-state index contributed by atoms with van der Waals surface area (Å²) in [5.41, 5.74) is 0. The van der Waals surface area contributed by atoms with Crippen LogP contribution in [-0.2, 0) is 0 Å². The van der Waals surface area contributed by atoms with Gasteiger partial charge in [-0.25, -0.2) is 4.98 Å². The van der Waals surface area contributed by atoms with E-state index in [0.717, 1.165) is 25.5 Å². The summed E-state index contributed by atoms with van der Waals surface area (Å²) in [6.45, 7) is 7.23. The maximum absolute atomic E-state index is 4.45. The molecule has 1 aromatic heterocycles. The van der Waals surface area contributed by atoms with Crippen molar-refractivity contribution in [1.82, 2.24) is 15.2 Å². The molecule has 0 aromatic carbocycles. The van der Waals surface area contributed by atoms with Gasteiger partial charge in [0.2, 0.25) is 0 Å². The van der Waals surface area contributed by atoms with Gasteiger partial charge in [0.25, 0.3) is 0 Å². The summed E-state index contributed by atoms with van der Waals surface area (Å²) in [5.74, 6) is 1.13. The molecular weight excluding hydrogens is 260 g/mol. The molecule has 4 heteroatoms. The van der Waals surface area contributed by atoms with Crippen molar-refractivity contribution in [2.75, 3.05) is 44.2 Å². The van der Waals surface area contributed by atoms with Crippen LogP contribution in [0.5, 0.6) is 0 Å². The summed E-state index contributed by atoms with van der Waals surface area (Å²) in [4.78, 5) is 9.47. The smallest absolute Gasteiger partial charge is 0.128 e. The first-order valence-electron chi connectivity index (χ1n) is 8.53. The minimum absolute atomic E-state index is 0.690. The fraction of sp³-hybridized carbons (Fsp3) is 0.706. The second kappa shape index (κ2) is 7.76. The SMILES string of the molecule is c1ccc(N2CCC(NCCN3CCCCC3)CC2)nc1. The molecule has 3 heterocycles. The lowest BCUT2D eigenvalue weighted by Crippen LogP contribution is -2.45. The number of aromatic nitrogens is 1. The molecule has 1 aromatic rings. The summed E-state index contributed by atoms with van der Waals surface area (Å²) in [5, 5.41) is 3.75. The van der Waals surface area contributed by atoms with Crippen LogP contribution in [0.3, 0.4) is 0 Å². The molecule has 0 saturated carbocycles. The average molecular weight is 288 g/mol. The maximum atomic E-state index is 4.45. The molecular formula is C17H28N4. The number of pyridine rings is 1. The van der Waals surface area contributed by atoms with Crippen LogP contribution in [0.1, 0.15) is 32.1 Å². The number of rotatable bonds is 5. The summed E-state index contributed by atoms with van der Waals surface area (Å²) in [6, 6.07) is 6.86. The molecule has 0 atom stereocenters. The standard InChI is InChI=1S/C17H28N4/c1-4-11-20(12-5-1)15-10-18-16-7-13-21(14-8-16)17-6-2-3-9-19-17/h2-3,6,9,16,18H,1,4-5,7-8,10-15H2. The van der Waals surface area contributed by atoms with Gasteiger partial charge in [-0.1, -0.05) is 12.5 Å². The lowest BCUT2D eigenvalue weighted by Gasteiger charge is -2.34. The first-order chi connectivity index (χ1) is 10.4. The van der Waals surface area contributed by atoms with Crippen LogP contribution in [0, 0.1) is 0 Å². The van der Waals surface area contributed by atoms with Crippen LogP contribution in [-0.4, -0.2) is 55.2 Å². The number of likely N-dealkylation sites (tertiary alicyclic amines) is 1. The lowest BCUT2D eigenvalue weighted by molar-refractivity contribution is 0.224. The van der Waals surface area contributed by atoms with E-state index in [1.165, 1.54) is 51.7 Å². The second-order valence-corrected chi connectivity index (χ2v) is 6.31. The van der Waals surface area contributed by atoms with E-state index < -0.39 is 0 Å². The Hall–Kier alpha value is -1.13. The predicted octanol–water partition coefficient (Wildman–Crippen LogP) is 2.13. The van der Waals surface area contributed by atoms with Gasteiger partial charge >= 0.3 is 0 Å². The Morgan fingerprint density at radius 3 is 2.57 bits per heavy atom. The fourth-order valence-corrected chi connectivity index (χ4v) is 3.46. The number of hydrogen-bond acceptors (Lipinski definition) is 4. The van der Waals surface area contributed by atoms with Crippen molar-refractivity contribution in [3.63, 3.8) is 0 Å². The maximum Gasteiger partial charge on any atom is 0.128 e. The molecule has 2 saturated heterocycles. The number of anilines is 1. The van der Waals surface area contributed by atoms with Gasteiger partial charge in [-0.15, -0.1) is 0 Å². The Balaban J connectivity index is 1.34. The molecule has 4 nitrogen and oxygen atoms in total. The van der Waals surface area contributed by atoms with Crippen molar-refractivity contribution in [3.05, 3.63) is 24.4 Å². The quantitative estimate of drug-likeness (QED) is 0.899. The summed E-state index contributed by atoms with van der Waals surface area (Å²) in [7, 11) is 0. The van der Waals surface area contributed by atoms with E-state index >= 15 is 0 Å². The van der Waals surface area contributed by atoms with E-state index in [2.05, 4.69) is 32.2 Å². The van der Waals surface area contributed by atoms with E-state index in [0.29, 0.717) is 6.04 Å². The number of hydrogen-bond donors (Lipinski definition) is 1. The van der Waals surface area contributed by atoms with Gasteiger partial charge < -0.3 is 15.1 Å². The molecule has 2 fully saturated rings. The van der Waals surface area contributed by atoms with Crippen molar-refractivity contribution in [1.29, 1.82) is 0 Å². The monoisotopic (exact) mass is 288 g/mol. The van der Waals surface area contributed by atoms with Crippen molar-refractivity contribution in [3.8, 4) is 0 Å². The first-order valence-corrected chi connectivity index (χ1v) is 8.53. The average Bonchev–Trinajstić information content (AvgIpc) is 2.57. The molecule has 116 valence electrons. The molecule has 21 heavy (non-hydrogen) atoms. The molecule has 2 aliphatic rings. The molecule has 0 unspecified atom stereocenters. The summed E-state index contributed by atoms with van der Waals surface area (Å²) >= 11 is 0. The van der Waals surface area contributed by atoms with Gasteiger partial charge in [0.15, 0.2) is 0 Å². The van der Waals surface area contributed by atoms with E-state index in [9.17, 15) is 0 Å². The van der Waals surface area contributed by atoms with Crippen molar-refractivity contribution >= 4 is 5.82 Å². The zero-order valence-electron chi connectivity index (χ0n) is 13.0. The van der Waals surface area contributed by atoms with Crippen LogP contribution in [0.4, 0.5) is 5.82 Å². The Morgan fingerprint density at radius 1 is 1.05 bits per heavy atom. The predicted molar refractivity (Wildman–Crippen MR) is 87.8 cm³/mol. The minimum atomic E-state index is 0.690. The van der Waals surface area contributed by atoms with Crippen LogP contribution in [0.25, 0.3) is 0 Å². The zero-order valence-corrected chi connectivity index (χ0v) is 13.0. The van der Waals surface area contributed by atoms with Crippen molar-refractivity contribution in [2.45, 2.75) is 38.1 Å². The summed E-state index contributed by atoms with van der Waals surface area (Å²) in [6.07, 6.45) is 8.56. The highest BCUT2D eigenvalue weighted by Crippen LogP contribution is 2.17. The minimum Gasteiger partial charge on any atom is -0.357 e. The normalized spacial score (nSPS) is 21.6. The number of piperidine rings is 2. The van der Waals surface area contributed by atoms with Gasteiger partial charge in [-0.2, -0.15) is 0 Å². The Kier molecular flexibility index (Phi) is 5.46. The Labute approximate surface area is 128 Å². The largest absolute Gasteiger partial charge is 0.357 e. The van der Waals surface area contributed by atoms with Gasteiger partial charge in [0, 0.05) is 38.4 Å². The fourth-order valence-electron chi connectivity index (χ4n) is 3.46. The third kappa shape index (κ3) is 4.42. The molecule has 0 aliphatic carbocycles. The van der Waals surface area contributed by atoms with Crippen LogP contribution < -0.4 is 10.2 Å². The van der Waals surface area contributed by atoms with E-state index in [1.807, 2.05) is 12.3 Å². The molecule has 3 rings (SSSR count). The third-order valence-electron chi connectivity index (χ3n) is 4.78. The molecule has 0 amide bonds. The molecule has 0 spiro atoms. The van der Waals surface area contributed by atoms with Crippen LogP contribution >= 0.6 is 0 Å². The topological polar surface area (TPSA) is 31.4 Å². The Bertz CT molecular complexity index is 395. The van der Waals surface area contributed by atoms with Gasteiger partial charge in [0.05, 0.1) is 0 Å². The van der Waals surface area contributed by atoms with Crippen molar-refractivity contribution < 1.29 is 0 Å². The van der Waals surface area contributed by atoms with Gasteiger partial charge in [-0.05, 0) is 50.9 Å². The number of nitrogens with one attached hydrogen (secondary N) is 1. The second-order valence-electron chi connectivity index (χ2n) is 6.31. The molecule has 0 radical (unpaired) electrons. The van der Waals surface area contributed by atoms with E-state index in [4.69, 9.17) is 0 Å². The van der Waals surface area contributed by atoms with E-state index in [1.54, 1.807) is 0 Å². The number of nitrogens with zero attached hydrogens (tertiary/aromatic N) is 3. The molecule has 2 aliphatic heterocycles. The first kappa shape index (κ1) is 14.8. The zero-order chi connectivity index (χ0) is 14.3. The summed E-state index contributed by atoms with van der Waals surface area (Å²) < 4.78 is 0. The van der Waals surface area contributed by atoms with E-state index in [-0.39, 0.29) is 0 Å². The van der Waals surface area contributed by atoms with Gasteiger partial charge in [-0.3, -0.25) is 0 Å². The molecule has 1 N–H and O–H groups in total. The molecule has 0 bridgehead atoms. The van der Waals surface area contributed by atoms with Crippen molar-refractivity contribution in [2.24, 2.45) is 0 Å². The third-order valence-corrected chi connectivity index (χ3v) is 4.78. The Morgan fingerprint density at radius 2 is 1.86 bits per heavy atom. The van der Waals surface area contributed by atoms with Crippen LogP contribution in [0.15, 0.2) is 24.4 Å². The van der Waals surface area contributed by atoms with Crippen LogP contribution in [0.2, 0.25) is 0 Å². The lowest BCUT2D eigenvalue weighted by atomic mass is 10.0.